The third kappa shape index (κ3) is 3.31. The summed E-state index contributed by atoms with van der Waals surface area (Å²) >= 11 is 0. The van der Waals surface area contributed by atoms with Gasteiger partial charge in [0.05, 0.1) is 18.2 Å². The second kappa shape index (κ2) is 6.81. The number of hydrogen-bond acceptors (Lipinski definition) is 3. The second-order valence-electron chi connectivity index (χ2n) is 7.84. The molecule has 0 aromatic carbocycles. The fourth-order valence-electron chi connectivity index (χ4n) is 4.34. The average molecular weight is 344 g/mol. The monoisotopic (exact) mass is 344 g/mol. The maximum Gasteiger partial charge on any atom is 0.226 e. The van der Waals surface area contributed by atoms with E-state index in [4.69, 9.17) is 4.98 Å². The number of fused-ring (bicyclic) bond motifs is 1. The second-order valence-corrected chi connectivity index (χ2v) is 7.84. The maximum absolute atomic E-state index is 12.6. The topological polar surface area (TPSA) is 67.2 Å². The van der Waals surface area contributed by atoms with Crippen LogP contribution < -0.4 is 5.32 Å². The average Bonchev–Trinajstić information content (AvgIpc) is 3.15. The first-order valence-corrected chi connectivity index (χ1v) is 9.77. The van der Waals surface area contributed by atoms with Gasteiger partial charge in [0.2, 0.25) is 11.8 Å². The number of carbonyl (C=O) groups is 2. The van der Waals surface area contributed by atoms with Gasteiger partial charge in [-0.15, -0.1) is 0 Å². The van der Waals surface area contributed by atoms with Crippen molar-refractivity contribution in [1.82, 2.24) is 19.8 Å². The molecular weight excluding hydrogens is 316 g/mol. The zero-order valence-electron chi connectivity index (χ0n) is 15.0. The van der Waals surface area contributed by atoms with E-state index in [9.17, 15) is 9.59 Å². The van der Waals surface area contributed by atoms with Crippen LogP contribution in [0.1, 0.15) is 69.4 Å². The largest absolute Gasteiger partial charge is 0.353 e. The number of carbonyl (C=O) groups excluding carboxylic acids is 2. The lowest BCUT2D eigenvalue weighted by Crippen LogP contribution is -2.45. The molecule has 1 N–H and O–H groups in total. The summed E-state index contributed by atoms with van der Waals surface area (Å²) in [6.07, 6.45) is 10.2. The highest BCUT2D eigenvalue weighted by Crippen LogP contribution is 2.33. The van der Waals surface area contributed by atoms with Crippen LogP contribution >= 0.6 is 0 Å². The van der Waals surface area contributed by atoms with Crippen molar-refractivity contribution in [3.63, 3.8) is 0 Å². The van der Waals surface area contributed by atoms with E-state index in [-0.39, 0.29) is 23.8 Å². The SMILES string of the molecule is C[C@H]1c2nc(CC(=O)NC3CCCC3)cn2CCN1C(=O)C1CCC1. The highest BCUT2D eigenvalue weighted by Gasteiger charge is 2.35. The van der Waals surface area contributed by atoms with Gasteiger partial charge in [-0.25, -0.2) is 4.98 Å². The Morgan fingerprint density at radius 3 is 2.60 bits per heavy atom. The van der Waals surface area contributed by atoms with Crippen molar-refractivity contribution in [3.8, 4) is 0 Å². The Hall–Kier alpha value is -1.85. The molecule has 1 aromatic heterocycles. The Kier molecular flexibility index (Phi) is 4.52. The number of amides is 2. The highest BCUT2D eigenvalue weighted by atomic mass is 16.2. The van der Waals surface area contributed by atoms with Gasteiger partial charge < -0.3 is 14.8 Å². The molecule has 0 spiro atoms. The lowest BCUT2D eigenvalue weighted by Gasteiger charge is -2.38. The zero-order chi connectivity index (χ0) is 17.4. The summed E-state index contributed by atoms with van der Waals surface area (Å²) in [4.78, 5) is 31.5. The summed E-state index contributed by atoms with van der Waals surface area (Å²) < 4.78 is 2.12. The van der Waals surface area contributed by atoms with Gasteiger partial charge in [0, 0.05) is 31.2 Å². The van der Waals surface area contributed by atoms with E-state index in [1.54, 1.807) is 0 Å². The summed E-state index contributed by atoms with van der Waals surface area (Å²) in [5.74, 6) is 1.49. The number of nitrogens with one attached hydrogen (secondary N) is 1. The van der Waals surface area contributed by atoms with Crippen molar-refractivity contribution in [1.29, 1.82) is 0 Å². The van der Waals surface area contributed by atoms with Crippen molar-refractivity contribution in [2.75, 3.05) is 6.54 Å². The van der Waals surface area contributed by atoms with Gasteiger partial charge in [-0.3, -0.25) is 9.59 Å². The summed E-state index contributed by atoms with van der Waals surface area (Å²) in [5.41, 5.74) is 0.815. The predicted octanol–water partition coefficient (Wildman–Crippen LogP) is 2.19. The molecule has 1 atom stereocenters. The fourth-order valence-corrected chi connectivity index (χ4v) is 4.34. The van der Waals surface area contributed by atoms with Crippen LogP contribution in [0.4, 0.5) is 0 Å². The van der Waals surface area contributed by atoms with E-state index in [1.807, 2.05) is 11.1 Å². The molecule has 2 aliphatic carbocycles. The minimum atomic E-state index is -0.00602. The first-order chi connectivity index (χ1) is 12.1. The lowest BCUT2D eigenvalue weighted by atomic mass is 9.84. The Morgan fingerprint density at radius 2 is 1.92 bits per heavy atom. The minimum absolute atomic E-state index is 0.00602. The van der Waals surface area contributed by atoms with E-state index in [2.05, 4.69) is 16.8 Å². The third-order valence-corrected chi connectivity index (χ3v) is 6.08. The molecule has 3 aliphatic rings. The molecule has 2 saturated carbocycles. The molecule has 136 valence electrons. The number of imidazole rings is 1. The van der Waals surface area contributed by atoms with Crippen LogP contribution in [0.3, 0.4) is 0 Å². The molecule has 6 nitrogen and oxygen atoms in total. The lowest BCUT2D eigenvalue weighted by molar-refractivity contribution is -0.141. The van der Waals surface area contributed by atoms with Crippen LogP contribution in [-0.4, -0.2) is 38.9 Å². The number of hydrogen-bond donors (Lipinski definition) is 1. The van der Waals surface area contributed by atoms with Crippen molar-refractivity contribution in [3.05, 3.63) is 17.7 Å². The molecule has 25 heavy (non-hydrogen) atoms. The van der Waals surface area contributed by atoms with Crippen LogP contribution in [0.5, 0.6) is 0 Å². The summed E-state index contributed by atoms with van der Waals surface area (Å²) in [5, 5.41) is 3.12. The van der Waals surface area contributed by atoms with Gasteiger partial charge in [-0.05, 0) is 32.6 Å². The van der Waals surface area contributed by atoms with Gasteiger partial charge in [0.25, 0.3) is 0 Å². The smallest absolute Gasteiger partial charge is 0.226 e. The van der Waals surface area contributed by atoms with Gasteiger partial charge in [0.1, 0.15) is 5.82 Å². The van der Waals surface area contributed by atoms with Crippen LogP contribution in [0.15, 0.2) is 6.20 Å². The summed E-state index contributed by atoms with van der Waals surface area (Å²) in [6.45, 7) is 3.57. The van der Waals surface area contributed by atoms with Crippen molar-refractivity contribution >= 4 is 11.8 Å². The van der Waals surface area contributed by atoms with Crippen LogP contribution in [-0.2, 0) is 22.6 Å². The standard InChI is InChI=1S/C19H28N4O2/c1-13-18-21-16(11-17(24)20-15-7-2-3-8-15)12-22(18)9-10-23(13)19(25)14-5-4-6-14/h12-15H,2-11H2,1H3,(H,20,24)/t13-/m0/s1. The Balaban J connectivity index is 1.40. The molecule has 0 bridgehead atoms. The fraction of sp³-hybridized carbons (Fsp3) is 0.737. The number of rotatable bonds is 4. The molecular formula is C19H28N4O2. The van der Waals surface area contributed by atoms with E-state index in [0.29, 0.717) is 12.5 Å². The normalized spacial score (nSPS) is 24.0. The van der Waals surface area contributed by atoms with Crippen molar-refractivity contribution in [2.24, 2.45) is 5.92 Å². The first-order valence-electron chi connectivity index (χ1n) is 9.77. The molecule has 0 radical (unpaired) electrons. The van der Waals surface area contributed by atoms with E-state index >= 15 is 0 Å². The Morgan fingerprint density at radius 1 is 1.16 bits per heavy atom. The van der Waals surface area contributed by atoms with Crippen LogP contribution in [0, 0.1) is 5.92 Å². The molecule has 4 rings (SSSR count). The van der Waals surface area contributed by atoms with Crippen LogP contribution in [0.25, 0.3) is 0 Å². The molecule has 6 heteroatoms. The Bertz CT molecular complexity index is 658. The molecule has 1 aromatic rings. The van der Waals surface area contributed by atoms with E-state index < -0.39 is 0 Å². The van der Waals surface area contributed by atoms with Gasteiger partial charge >= 0.3 is 0 Å². The minimum Gasteiger partial charge on any atom is -0.353 e. The molecule has 2 fully saturated rings. The molecule has 2 heterocycles. The van der Waals surface area contributed by atoms with E-state index in [0.717, 1.165) is 50.3 Å². The summed E-state index contributed by atoms with van der Waals surface area (Å²) in [7, 11) is 0. The number of aromatic nitrogens is 2. The number of nitrogens with zero attached hydrogens (tertiary/aromatic N) is 3. The molecule has 1 aliphatic heterocycles. The van der Waals surface area contributed by atoms with E-state index in [1.165, 1.54) is 19.3 Å². The van der Waals surface area contributed by atoms with Crippen LogP contribution in [0.2, 0.25) is 0 Å². The van der Waals surface area contributed by atoms with Crippen molar-refractivity contribution in [2.45, 2.75) is 76.9 Å². The van der Waals surface area contributed by atoms with Gasteiger partial charge in [-0.2, -0.15) is 0 Å². The molecule has 0 saturated heterocycles. The predicted molar refractivity (Wildman–Crippen MR) is 93.8 cm³/mol. The zero-order valence-corrected chi connectivity index (χ0v) is 15.0. The summed E-state index contributed by atoms with van der Waals surface area (Å²) in [6, 6.07) is 0.341. The quantitative estimate of drug-likeness (QED) is 0.910. The highest BCUT2D eigenvalue weighted by molar-refractivity contribution is 5.80. The Labute approximate surface area is 149 Å². The third-order valence-electron chi connectivity index (χ3n) is 6.08. The van der Waals surface area contributed by atoms with Gasteiger partial charge in [-0.1, -0.05) is 19.3 Å². The molecule has 0 unspecified atom stereocenters. The first kappa shape index (κ1) is 16.6. The maximum atomic E-state index is 12.6. The van der Waals surface area contributed by atoms with Gasteiger partial charge in [0.15, 0.2) is 0 Å². The van der Waals surface area contributed by atoms with Crippen molar-refractivity contribution < 1.29 is 9.59 Å². The molecule has 2 amide bonds.